The maximum Gasteiger partial charge on any atom is 0.242 e. The van der Waals surface area contributed by atoms with Gasteiger partial charge in [0.1, 0.15) is 11.8 Å². The molecule has 6 heteroatoms. The molecule has 1 saturated carbocycles. The first-order chi connectivity index (χ1) is 15.5. The van der Waals surface area contributed by atoms with Crippen molar-refractivity contribution in [1.29, 1.82) is 0 Å². The molecule has 3 rings (SSSR count). The molecule has 0 aromatic heterocycles. The molecule has 0 aliphatic heterocycles. The van der Waals surface area contributed by atoms with E-state index in [9.17, 15) is 9.59 Å². The second-order valence-corrected chi connectivity index (χ2v) is 9.54. The molecular formula is C26H34N2O3S. The number of aryl methyl sites for hydroxylation is 1. The number of nitrogens with one attached hydrogen (secondary N) is 1. The summed E-state index contributed by atoms with van der Waals surface area (Å²) >= 11 is 1.50. The molecule has 2 aromatic rings. The fraction of sp³-hybridized carbons (Fsp3) is 0.462. The van der Waals surface area contributed by atoms with Crippen molar-refractivity contribution in [2.45, 2.75) is 69.5 Å². The zero-order valence-corrected chi connectivity index (χ0v) is 20.1. The molecule has 0 bridgehead atoms. The predicted molar refractivity (Wildman–Crippen MR) is 130 cm³/mol. The number of thioether (sulfide) groups is 1. The standard InChI is InChI=1S/C26H34N2O3S/c1-19-9-15-24(16-10-19)32-18-25(29)28(17-21-11-13-23(31-3)14-12-21)20(2)26(30)27-22-7-5-4-6-8-22/h9-16,20,22H,4-8,17-18H2,1-3H3,(H,27,30). The van der Waals surface area contributed by atoms with Gasteiger partial charge in [0.2, 0.25) is 11.8 Å². The summed E-state index contributed by atoms with van der Waals surface area (Å²) in [7, 11) is 1.63. The fourth-order valence-corrected chi connectivity index (χ4v) is 4.73. The van der Waals surface area contributed by atoms with Crippen molar-refractivity contribution in [1.82, 2.24) is 10.2 Å². The van der Waals surface area contributed by atoms with Gasteiger partial charge in [-0.1, -0.05) is 49.1 Å². The van der Waals surface area contributed by atoms with Gasteiger partial charge in [0, 0.05) is 17.5 Å². The summed E-state index contributed by atoms with van der Waals surface area (Å²) in [5, 5.41) is 3.18. The van der Waals surface area contributed by atoms with E-state index in [1.54, 1.807) is 12.0 Å². The lowest BCUT2D eigenvalue weighted by Gasteiger charge is -2.31. The van der Waals surface area contributed by atoms with Crippen molar-refractivity contribution in [3.05, 3.63) is 59.7 Å². The molecule has 1 N–H and O–H groups in total. The minimum absolute atomic E-state index is 0.0438. The Hall–Kier alpha value is -2.47. The van der Waals surface area contributed by atoms with Crippen molar-refractivity contribution >= 4 is 23.6 Å². The van der Waals surface area contributed by atoms with E-state index in [0.717, 1.165) is 41.9 Å². The topological polar surface area (TPSA) is 58.6 Å². The first-order valence-electron chi connectivity index (χ1n) is 11.4. The van der Waals surface area contributed by atoms with Gasteiger partial charge >= 0.3 is 0 Å². The van der Waals surface area contributed by atoms with E-state index in [-0.39, 0.29) is 17.9 Å². The number of methoxy groups -OCH3 is 1. The molecule has 2 aromatic carbocycles. The number of hydrogen-bond acceptors (Lipinski definition) is 4. The Kier molecular flexibility index (Phi) is 9.03. The van der Waals surface area contributed by atoms with Gasteiger partial charge in [-0.15, -0.1) is 11.8 Å². The van der Waals surface area contributed by atoms with Crippen LogP contribution >= 0.6 is 11.8 Å². The van der Waals surface area contributed by atoms with Crippen LogP contribution in [0.5, 0.6) is 5.75 Å². The third-order valence-electron chi connectivity index (χ3n) is 6.01. The summed E-state index contributed by atoms with van der Waals surface area (Å²) < 4.78 is 5.24. The normalized spacial score (nSPS) is 15.1. The van der Waals surface area contributed by atoms with E-state index in [4.69, 9.17) is 4.74 Å². The van der Waals surface area contributed by atoms with Gasteiger partial charge in [-0.2, -0.15) is 0 Å². The minimum atomic E-state index is -0.537. The number of nitrogens with zero attached hydrogens (tertiary/aromatic N) is 1. The number of rotatable bonds is 9. The first kappa shape index (κ1) is 24.2. The van der Waals surface area contributed by atoms with Crippen LogP contribution in [0.15, 0.2) is 53.4 Å². The van der Waals surface area contributed by atoms with Crippen LogP contribution in [-0.2, 0) is 16.1 Å². The van der Waals surface area contributed by atoms with E-state index in [2.05, 4.69) is 5.32 Å². The predicted octanol–water partition coefficient (Wildman–Crippen LogP) is 4.96. The average Bonchev–Trinajstić information content (AvgIpc) is 2.82. The molecule has 1 unspecified atom stereocenters. The first-order valence-corrected chi connectivity index (χ1v) is 12.4. The lowest BCUT2D eigenvalue weighted by molar-refractivity contribution is -0.139. The molecule has 0 spiro atoms. The third-order valence-corrected chi connectivity index (χ3v) is 7.01. The highest BCUT2D eigenvalue weighted by Crippen LogP contribution is 2.22. The maximum absolute atomic E-state index is 13.2. The Balaban J connectivity index is 1.69. The molecule has 32 heavy (non-hydrogen) atoms. The molecule has 0 heterocycles. The van der Waals surface area contributed by atoms with Crippen molar-refractivity contribution in [3.63, 3.8) is 0 Å². The summed E-state index contributed by atoms with van der Waals surface area (Å²) in [6.45, 7) is 4.26. The molecule has 1 atom stereocenters. The smallest absolute Gasteiger partial charge is 0.242 e. The van der Waals surface area contributed by atoms with Crippen LogP contribution in [0.2, 0.25) is 0 Å². The molecule has 1 aliphatic carbocycles. The molecule has 2 amide bonds. The molecule has 5 nitrogen and oxygen atoms in total. The largest absolute Gasteiger partial charge is 0.497 e. The van der Waals surface area contributed by atoms with Crippen molar-refractivity contribution in [2.75, 3.05) is 12.9 Å². The molecule has 0 saturated heterocycles. The second kappa shape index (κ2) is 12.0. The third kappa shape index (κ3) is 7.02. The van der Waals surface area contributed by atoms with Crippen LogP contribution in [0.1, 0.15) is 50.2 Å². The Morgan fingerprint density at radius 3 is 2.34 bits per heavy atom. The van der Waals surface area contributed by atoms with Gasteiger partial charge in [-0.3, -0.25) is 9.59 Å². The molecular weight excluding hydrogens is 420 g/mol. The van der Waals surface area contributed by atoms with Crippen molar-refractivity contribution in [3.8, 4) is 5.75 Å². The number of amides is 2. The monoisotopic (exact) mass is 454 g/mol. The zero-order chi connectivity index (χ0) is 22.9. The van der Waals surface area contributed by atoms with Crippen LogP contribution < -0.4 is 10.1 Å². The Labute approximate surface area is 195 Å². The van der Waals surface area contributed by atoms with E-state index in [1.165, 1.54) is 23.7 Å². The average molecular weight is 455 g/mol. The van der Waals surface area contributed by atoms with Gasteiger partial charge in [-0.25, -0.2) is 0 Å². The van der Waals surface area contributed by atoms with Crippen LogP contribution in [0.4, 0.5) is 0 Å². The number of hydrogen-bond donors (Lipinski definition) is 1. The molecule has 1 fully saturated rings. The second-order valence-electron chi connectivity index (χ2n) is 8.49. The lowest BCUT2D eigenvalue weighted by Crippen LogP contribution is -2.50. The van der Waals surface area contributed by atoms with Crippen LogP contribution in [0.3, 0.4) is 0 Å². The summed E-state index contributed by atoms with van der Waals surface area (Å²) in [5.74, 6) is 0.946. The Morgan fingerprint density at radius 2 is 1.72 bits per heavy atom. The quantitative estimate of drug-likeness (QED) is 0.544. The highest BCUT2D eigenvalue weighted by molar-refractivity contribution is 8.00. The maximum atomic E-state index is 13.2. The van der Waals surface area contributed by atoms with Crippen LogP contribution in [0.25, 0.3) is 0 Å². The van der Waals surface area contributed by atoms with Gasteiger partial charge in [0.05, 0.1) is 12.9 Å². The summed E-state index contributed by atoms with van der Waals surface area (Å²) in [6.07, 6.45) is 5.59. The van der Waals surface area contributed by atoms with E-state index in [1.807, 2.05) is 62.4 Å². The summed E-state index contributed by atoms with van der Waals surface area (Å²) in [4.78, 5) is 29.0. The lowest BCUT2D eigenvalue weighted by atomic mass is 9.95. The van der Waals surface area contributed by atoms with Gasteiger partial charge in [0.25, 0.3) is 0 Å². The van der Waals surface area contributed by atoms with E-state index >= 15 is 0 Å². The van der Waals surface area contributed by atoms with E-state index in [0.29, 0.717) is 12.3 Å². The molecule has 1 aliphatic rings. The highest BCUT2D eigenvalue weighted by atomic mass is 32.2. The van der Waals surface area contributed by atoms with Gasteiger partial charge in [0.15, 0.2) is 0 Å². The minimum Gasteiger partial charge on any atom is -0.497 e. The fourth-order valence-electron chi connectivity index (χ4n) is 3.94. The van der Waals surface area contributed by atoms with Crippen molar-refractivity contribution in [2.24, 2.45) is 0 Å². The summed E-state index contributed by atoms with van der Waals surface area (Å²) in [6, 6.07) is 15.5. The van der Waals surface area contributed by atoms with Crippen LogP contribution in [-0.4, -0.2) is 41.7 Å². The number of carbonyl (C=O) groups is 2. The SMILES string of the molecule is COc1ccc(CN(C(=O)CSc2ccc(C)cc2)C(C)C(=O)NC2CCCCC2)cc1. The van der Waals surface area contributed by atoms with Crippen LogP contribution in [0, 0.1) is 6.92 Å². The Bertz CT molecular complexity index is 877. The van der Waals surface area contributed by atoms with Crippen molar-refractivity contribution < 1.29 is 14.3 Å². The molecule has 172 valence electrons. The number of benzene rings is 2. The highest BCUT2D eigenvalue weighted by Gasteiger charge is 2.28. The molecule has 0 radical (unpaired) electrons. The van der Waals surface area contributed by atoms with Gasteiger partial charge < -0.3 is 15.0 Å². The summed E-state index contributed by atoms with van der Waals surface area (Å²) in [5.41, 5.74) is 2.16. The Morgan fingerprint density at radius 1 is 1.06 bits per heavy atom. The number of carbonyl (C=O) groups excluding carboxylic acids is 2. The number of ether oxygens (including phenoxy) is 1. The zero-order valence-electron chi connectivity index (χ0n) is 19.3. The van der Waals surface area contributed by atoms with E-state index < -0.39 is 6.04 Å². The van der Waals surface area contributed by atoms with Gasteiger partial charge in [-0.05, 0) is 56.5 Å².